The molecular weight excluding hydrogens is 488 g/mol. The van der Waals surface area contributed by atoms with E-state index in [2.05, 4.69) is 66.4 Å². The van der Waals surface area contributed by atoms with Crippen LogP contribution in [0, 0.1) is 11.8 Å². The second-order valence-corrected chi connectivity index (χ2v) is 18.7. The summed E-state index contributed by atoms with van der Waals surface area (Å²) in [5.74, 6) is 8.77. The number of allylic oxidation sites excluding steroid dienone is 2. The quantitative estimate of drug-likeness (QED) is 0.170. The minimum Gasteiger partial charge on any atom is -0.493 e. The van der Waals surface area contributed by atoms with E-state index in [4.69, 9.17) is 14.2 Å². The minimum absolute atomic E-state index is 0.0475. The third-order valence-electron chi connectivity index (χ3n) is 9.25. The summed E-state index contributed by atoms with van der Waals surface area (Å²) in [7, 11) is 1.43. The van der Waals surface area contributed by atoms with Gasteiger partial charge >= 0.3 is 0 Å². The molecule has 1 aromatic carbocycles. The Labute approximate surface area is 232 Å². The van der Waals surface area contributed by atoms with Crippen molar-refractivity contribution in [2.75, 3.05) is 14.2 Å². The normalized spacial score (nSPS) is 21.1. The van der Waals surface area contributed by atoms with Gasteiger partial charge in [-0.2, -0.15) is 0 Å². The van der Waals surface area contributed by atoms with Crippen LogP contribution in [0.4, 0.5) is 0 Å². The Kier molecular flexibility index (Phi) is 9.51. The minimum atomic E-state index is -1.91. The third-order valence-corrected chi connectivity index (χ3v) is 17.1. The lowest BCUT2D eigenvalue weighted by Gasteiger charge is -2.56. The highest BCUT2D eigenvalue weighted by molar-refractivity contribution is 6.84. The van der Waals surface area contributed by atoms with Crippen LogP contribution in [0.25, 0.3) is 0 Å². The Balaban J connectivity index is 2.34. The number of fused-ring (bicyclic) bond motifs is 2. The molecule has 5 heteroatoms. The molecule has 0 bridgehead atoms. The van der Waals surface area contributed by atoms with Crippen LogP contribution in [0.2, 0.25) is 22.2 Å². The molecule has 4 nitrogen and oxygen atoms in total. The predicted octanol–water partition coefficient (Wildman–Crippen LogP) is 8.39. The SMILES string of the molecule is CCCCC#CC1=C(OC(C)C)C2(CC([Si](C(C)C)(C(C)C)C(C)C)Cc3cc(OC)c(OC)cc32)C1=O. The molecule has 0 amide bonds. The van der Waals surface area contributed by atoms with Gasteiger partial charge in [-0.1, -0.05) is 83.4 Å². The lowest BCUT2D eigenvalue weighted by molar-refractivity contribution is -0.125. The first-order valence-electron chi connectivity index (χ1n) is 14.6. The van der Waals surface area contributed by atoms with Gasteiger partial charge in [0, 0.05) is 6.42 Å². The van der Waals surface area contributed by atoms with Crippen LogP contribution in [0.1, 0.15) is 99.1 Å². The van der Waals surface area contributed by atoms with Gasteiger partial charge < -0.3 is 14.2 Å². The average molecular weight is 539 g/mol. The zero-order valence-electron chi connectivity index (χ0n) is 25.7. The van der Waals surface area contributed by atoms with Gasteiger partial charge in [-0.15, -0.1) is 0 Å². The van der Waals surface area contributed by atoms with Crippen LogP contribution >= 0.6 is 0 Å². The molecule has 0 heterocycles. The van der Waals surface area contributed by atoms with Crippen LogP contribution in [-0.4, -0.2) is 34.2 Å². The smallest absolute Gasteiger partial charge is 0.192 e. The molecule has 2 aliphatic carbocycles. The van der Waals surface area contributed by atoms with Crippen LogP contribution in [-0.2, 0) is 21.4 Å². The molecule has 1 aromatic rings. The number of unbranched alkanes of at least 4 members (excludes halogenated alkanes) is 2. The van der Waals surface area contributed by atoms with E-state index in [-0.39, 0.29) is 11.9 Å². The molecule has 2 atom stereocenters. The van der Waals surface area contributed by atoms with Gasteiger partial charge in [0.15, 0.2) is 17.3 Å². The van der Waals surface area contributed by atoms with E-state index in [1.165, 1.54) is 5.56 Å². The summed E-state index contributed by atoms with van der Waals surface area (Å²) in [6.07, 6.45) is 4.62. The summed E-state index contributed by atoms with van der Waals surface area (Å²) in [6, 6.07) is 4.16. The Bertz CT molecular complexity index is 1100. The van der Waals surface area contributed by atoms with Crippen LogP contribution in [0.3, 0.4) is 0 Å². The van der Waals surface area contributed by atoms with Crippen LogP contribution in [0.15, 0.2) is 23.5 Å². The zero-order chi connectivity index (χ0) is 28.4. The summed E-state index contributed by atoms with van der Waals surface area (Å²) in [5.41, 5.74) is 4.17. The van der Waals surface area contributed by atoms with Crippen molar-refractivity contribution in [2.45, 2.75) is 128 Å². The van der Waals surface area contributed by atoms with Gasteiger partial charge in [0.25, 0.3) is 0 Å². The van der Waals surface area contributed by atoms with Gasteiger partial charge in [-0.25, -0.2) is 0 Å². The number of Topliss-reactive ketones (excluding diaryl/α,β-unsaturated/α-hetero) is 1. The van der Waals surface area contributed by atoms with Crippen molar-refractivity contribution >= 4 is 13.9 Å². The Morgan fingerprint density at radius 2 is 1.55 bits per heavy atom. The fraction of sp³-hybridized carbons (Fsp3) is 0.667. The van der Waals surface area contributed by atoms with E-state index in [9.17, 15) is 4.79 Å². The highest BCUT2D eigenvalue weighted by Gasteiger charge is 2.63. The summed E-state index contributed by atoms with van der Waals surface area (Å²) in [5, 5.41) is 0. The van der Waals surface area contributed by atoms with E-state index in [0.717, 1.165) is 49.2 Å². The van der Waals surface area contributed by atoms with Gasteiger partial charge in [0.1, 0.15) is 16.7 Å². The molecule has 0 saturated heterocycles. The largest absolute Gasteiger partial charge is 0.493 e. The van der Waals surface area contributed by atoms with E-state index in [1.54, 1.807) is 14.2 Å². The fourth-order valence-electron chi connectivity index (χ4n) is 8.00. The van der Waals surface area contributed by atoms with E-state index >= 15 is 0 Å². The summed E-state index contributed by atoms with van der Waals surface area (Å²) in [4.78, 5) is 14.4. The predicted molar refractivity (Wildman–Crippen MR) is 160 cm³/mol. The van der Waals surface area contributed by atoms with Crippen molar-refractivity contribution in [1.29, 1.82) is 0 Å². The molecule has 3 rings (SSSR count). The molecule has 2 aliphatic rings. The molecule has 1 spiro atoms. The highest BCUT2D eigenvalue weighted by atomic mass is 28.3. The standard InChI is InChI=1S/C33H50O4Si/c1-12-13-14-15-16-27-31(34)33(32(27)37-21(2)3)20-26(38(22(4)5,23(6)7)24(8)9)17-25-18-29(35-10)30(36-11)19-28(25)33/h18-19,21-24,26H,12-14,17,20H2,1-11H3. The van der Waals surface area contributed by atoms with Gasteiger partial charge in [-0.05, 0) is 61.9 Å². The van der Waals surface area contributed by atoms with Gasteiger partial charge in [0.2, 0.25) is 0 Å². The molecule has 38 heavy (non-hydrogen) atoms. The Morgan fingerprint density at radius 3 is 2.05 bits per heavy atom. The topological polar surface area (TPSA) is 44.8 Å². The second kappa shape index (κ2) is 11.9. The third kappa shape index (κ3) is 4.83. The molecule has 2 unspecified atom stereocenters. The van der Waals surface area contributed by atoms with E-state index < -0.39 is 13.5 Å². The van der Waals surface area contributed by atoms with Crippen LogP contribution < -0.4 is 9.47 Å². The number of benzene rings is 1. The number of carbonyl (C=O) groups excluding carboxylic acids is 1. The van der Waals surface area contributed by atoms with E-state index in [1.807, 2.05) is 19.9 Å². The van der Waals surface area contributed by atoms with Crippen molar-refractivity contribution in [3.05, 3.63) is 34.6 Å². The number of hydrogen-bond donors (Lipinski definition) is 0. The van der Waals surface area contributed by atoms with Gasteiger partial charge in [-0.3, -0.25) is 4.79 Å². The number of methoxy groups -OCH3 is 2. The maximum atomic E-state index is 14.4. The second-order valence-electron chi connectivity index (χ2n) is 12.4. The summed E-state index contributed by atoms with van der Waals surface area (Å²) >= 11 is 0. The monoisotopic (exact) mass is 538 g/mol. The lowest BCUT2D eigenvalue weighted by atomic mass is 9.57. The first-order valence-corrected chi connectivity index (χ1v) is 16.9. The summed E-state index contributed by atoms with van der Waals surface area (Å²) in [6.45, 7) is 20.7. The molecule has 0 fully saturated rings. The number of carbonyl (C=O) groups is 1. The van der Waals surface area contributed by atoms with Gasteiger partial charge in [0.05, 0.1) is 28.4 Å². The van der Waals surface area contributed by atoms with Crippen molar-refractivity contribution in [1.82, 2.24) is 0 Å². The first-order chi connectivity index (χ1) is 17.9. The fourth-order valence-corrected chi connectivity index (χ4v) is 16.1. The molecule has 0 saturated carbocycles. The number of hydrogen-bond acceptors (Lipinski definition) is 4. The molecule has 0 aliphatic heterocycles. The van der Waals surface area contributed by atoms with Crippen molar-refractivity contribution in [2.24, 2.45) is 0 Å². The molecule has 0 radical (unpaired) electrons. The maximum Gasteiger partial charge on any atom is 0.192 e. The van der Waals surface area contributed by atoms with E-state index in [0.29, 0.717) is 33.5 Å². The Hall–Kier alpha value is -2.19. The number of ether oxygens (including phenoxy) is 3. The van der Waals surface area contributed by atoms with Crippen molar-refractivity contribution < 1.29 is 19.0 Å². The first kappa shape index (κ1) is 30.3. The number of ketones is 1. The molecule has 210 valence electrons. The zero-order valence-corrected chi connectivity index (χ0v) is 26.7. The van der Waals surface area contributed by atoms with Crippen LogP contribution in [0.5, 0.6) is 11.5 Å². The van der Waals surface area contributed by atoms with Crippen molar-refractivity contribution in [3.63, 3.8) is 0 Å². The lowest BCUT2D eigenvalue weighted by Crippen LogP contribution is -2.58. The number of rotatable bonds is 10. The average Bonchev–Trinajstić information content (AvgIpc) is 2.85. The Morgan fingerprint density at radius 1 is 0.974 bits per heavy atom. The maximum absolute atomic E-state index is 14.4. The molecular formula is C33H50O4Si. The molecule has 0 aromatic heterocycles. The highest BCUT2D eigenvalue weighted by Crippen LogP contribution is 2.62. The van der Waals surface area contributed by atoms with Crippen molar-refractivity contribution in [3.8, 4) is 23.3 Å². The molecule has 0 N–H and O–H groups in total. The summed E-state index contributed by atoms with van der Waals surface area (Å²) < 4.78 is 18.0.